The normalized spacial score (nSPS) is 12.3. The van der Waals surface area contributed by atoms with Gasteiger partial charge in [0.05, 0.1) is 0 Å². The summed E-state index contributed by atoms with van der Waals surface area (Å²) in [7, 11) is 0. The Balaban J connectivity index is 1.70. The summed E-state index contributed by atoms with van der Waals surface area (Å²) in [5.74, 6) is 2.23. The lowest BCUT2D eigenvalue weighted by Gasteiger charge is -2.10. The summed E-state index contributed by atoms with van der Waals surface area (Å²) >= 11 is 6.63. The molecule has 0 spiro atoms. The first-order valence-corrected chi connectivity index (χ1v) is 7.88. The molecule has 2 aromatic carbocycles. The molecule has 0 saturated heterocycles. The average Bonchev–Trinajstić information content (AvgIpc) is 2.45. The molecule has 18 heavy (non-hydrogen) atoms. The van der Waals surface area contributed by atoms with Gasteiger partial charge in [-0.2, -0.15) is 24.4 Å². The molecular formula is C16H18S2. The summed E-state index contributed by atoms with van der Waals surface area (Å²) in [5.41, 5.74) is 2.73. The van der Waals surface area contributed by atoms with E-state index in [9.17, 15) is 0 Å². The first kappa shape index (κ1) is 13.6. The van der Waals surface area contributed by atoms with Gasteiger partial charge in [0.15, 0.2) is 0 Å². The average molecular weight is 274 g/mol. The Morgan fingerprint density at radius 1 is 0.889 bits per heavy atom. The van der Waals surface area contributed by atoms with Crippen LogP contribution in [-0.2, 0) is 6.42 Å². The van der Waals surface area contributed by atoms with Gasteiger partial charge >= 0.3 is 0 Å². The van der Waals surface area contributed by atoms with Crippen LogP contribution in [-0.4, -0.2) is 11.5 Å². The van der Waals surface area contributed by atoms with Gasteiger partial charge in [0, 0.05) is 11.0 Å². The molecule has 0 saturated carbocycles. The van der Waals surface area contributed by atoms with Crippen molar-refractivity contribution < 1.29 is 0 Å². The molecule has 2 heteroatoms. The molecule has 0 amide bonds. The van der Waals surface area contributed by atoms with Crippen LogP contribution in [0.4, 0.5) is 0 Å². The summed E-state index contributed by atoms with van der Waals surface area (Å²) in [6.45, 7) is 0. The molecule has 0 fully saturated rings. The second kappa shape index (κ2) is 7.55. The Morgan fingerprint density at radius 2 is 1.50 bits per heavy atom. The van der Waals surface area contributed by atoms with Crippen LogP contribution in [0.1, 0.15) is 16.4 Å². The third kappa shape index (κ3) is 4.43. The quantitative estimate of drug-likeness (QED) is 0.592. The van der Waals surface area contributed by atoms with Gasteiger partial charge in [-0.05, 0) is 23.3 Å². The van der Waals surface area contributed by atoms with Crippen molar-refractivity contribution in [2.24, 2.45) is 0 Å². The highest BCUT2D eigenvalue weighted by Gasteiger charge is 2.05. The predicted molar refractivity (Wildman–Crippen MR) is 85.6 cm³/mol. The number of hydrogen-bond donors (Lipinski definition) is 1. The van der Waals surface area contributed by atoms with E-state index >= 15 is 0 Å². The minimum absolute atomic E-state index is 0.340. The molecule has 0 radical (unpaired) electrons. The van der Waals surface area contributed by atoms with Crippen molar-refractivity contribution in [3.8, 4) is 0 Å². The fourth-order valence-electron chi connectivity index (χ4n) is 1.80. The molecule has 2 aromatic rings. The summed E-state index contributed by atoms with van der Waals surface area (Å²) in [6.07, 6.45) is 1.14. The molecule has 0 nitrogen and oxygen atoms in total. The van der Waals surface area contributed by atoms with Crippen LogP contribution >= 0.6 is 24.4 Å². The van der Waals surface area contributed by atoms with Crippen LogP contribution in [0.2, 0.25) is 0 Å². The molecule has 0 aliphatic rings. The van der Waals surface area contributed by atoms with Crippen LogP contribution in [0.25, 0.3) is 0 Å². The predicted octanol–water partition coefficient (Wildman–Crippen LogP) is 4.63. The van der Waals surface area contributed by atoms with Crippen molar-refractivity contribution >= 4 is 24.4 Å². The number of rotatable bonds is 6. The van der Waals surface area contributed by atoms with Gasteiger partial charge in [-0.25, -0.2) is 0 Å². The zero-order chi connectivity index (χ0) is 12.6. The highest BCUT2D eigenvalue weighted by atomic mass is 32.2. The summed E-state index contributed by atoms with van der Waals surface area (Å²) in [4.78, 5) is 0. The lowest BCUT2D eigenvalue weighted by Crippen LogP contribution is -1.96. The monoisotopic (exact) mass is 274 g/mol. The van der Waals surface area contributed by atoms with Crippen molar-refractivity contribution in [1.29, 1.82) is 0 Å². The molecule has 0 N–H and O–H groups in total. The standard InChI is InChI=1S/C16H18S2/c17-16(15-9-5-2-6-10-15)13-18-12-11-14-7-3-1-4-8-14/h1-10,16-17H,11-13H2. The number of aryl methyl sites for hydroxylation is 1. The van der Waals surface area contributed by atoms with Gasteiger partial charge in [-0.3, -0.25) is 0 Å². The Kier molecular flexibility index (Phi) is 5.69. The van der Waals surface area contributed by atoms with Gasteiger partial charge in [-0.1, -0.05) is 60.7 Å². The molecule has 1 unspecified atom stereocenters. The van der Waals surface area contributed by atoms with E-state index in [1.165, 1.54) is 11.1 Å². The second-order valence-corrected chi connectivity index (χ2v) is 6.01. The van der Waals surface area contributed by atoms with Gasteiger partial charge in [0.2, 0.25) is 0 Å². The van der Waals surface area contributed by atoms with E-state index in [1.54, 1.807) is 0 Å². The molecule has 0 bridgehead atoms. The number of thioether (sulfide) groups is 1. The smallest absolute Gasteiger partial charge is 0.0357 e. The Morgan fingerprint density at radius 3 is 2.17 bits per heavy atom. The number of thiol groups is 1. The van der Waals surface area contributed by atoms with Crippen molar-refractivity contribution in [2.75, 3.05) is 11.5 Å². The fourth-order valence-corrected chi connectivity index (χ4v) is 3.25. The van der Waals surface area contributed by atoms with Gasteiger partial charge in [-0.15, -0.1) is 0 Å². The zero-order valence-electron chi connectivity index (χ0n) is 10.3. The highest BCUT2D eigenvalue weighted by Crippen LogP contribution is 2.24. The Bertz CT molecular complexity index is 439. The largest absolute Gasteiger partial charge is 0.170 e. The van der Waals surface area contributed by atoms with E-state index < -0.39 is 0 Å². The van der Waals surface area contributed by atoms with Crippen LogP contribution < -0.4 is 0 Å². The van der Waals surface area contributed by atoms with Crippen molar-refractivity contribution in [2.45, 2.75) is 11.7 Å². The van der Waals surface area contributed by atoms with E-state index in [0.29, 0.717) is 5.25 Å². The van der Waals surface area contributed by atoms with Gasteiger partial charge < -0.3 is 0 Å². The molecule has 2 rings (SSSR count). The molecule has 94 valence electrons. The number of benzene rings is 2. The first-order valence-electron chi connectivity index (χ1n) is 6.21. The fraction of sp³-hybridized carbons (Fsp3) is 0.250. The van der Waals surface area contributed by atoms with Crippen LogP contribution in [0.5, 0.6) is 0 Å². The van der Waals surface area contributed by atoms with E-state index in [0.717, 1.165) is 17.9 Å². The summed E-state index contributed by atoms with van der Waals surface area (Å²) in [6, 6.07) is 21.1. The number of hydrogen-bond acceptors (Lipinski definition) is 2. The maximum atomic E-state index is 4.66. The molecule has 0 heterocycles. The van der Waals surface area contributed by atoms with E-state index in [4.69, 9.17) is 0 Å². The summed E-state index contributed by atoms with van der Waals surface area (Å²) < 4.78 is 0. The maximum Gasteiger partial charge on any atom is 0.0357 e. The lowest BCUT2D eigenvalue weighted by atomic mass is 10.2. The van der Waals surface area contributed by atoms with Crippen molar-refractivity contribution in [1.82, 2.24) is 0 Å². The van der Waals surface area contributed by atoms with Gasteiger partial charge in [0.1, 0.15) is 0 Å². The SMILES string of the molecule is SC(CSCCc1ccccc1)c1ccccc1. The van der Waals surface area contributed by atoms with Crippen molar-refractivity contribution in [3.05, 3.63) is 71.8 Å². The summed E-state index contributed by atoms with van der Waals surface area (Å²) in [5, 5.41) is 0.340. The van der Waals surface area contributed by atoms with E-state index in [2.05, 4.69) is 67.2 Å². The topological polar surface area (TPSA) is 0 Å². The van der Waals surface area contributed by atoms with E-state index in [1.807, 2.05) is 17.8 Å². The first-order chi connectivity index (χ1) is 8.86. The maximum absolute atomic E-state index is 4.66. The Labute approximate surface area is 119 Å². The minimum atomic E-state index is 0.340. The van der Waals surface area contributed by atoms with Crippen LogP contribution in [0.3, 0.4) is 0 Å². The minimum Gasteiger partial charge on any atom is -0.170 e. The van der Waals surface area contributed by atoms with Crippen molar-refractivity contribution in [3.63, 3.8) is 0 Å². The Hall–Kier alpha value is -0.860. The second-order valence-electron chi connectivity index (χ2n) is 4.24. The third-order valence-corrected chi connectivity index (χ3v) is 4.63. The molecule has 0 aliphatic carbocycles. The molecular weight excluding hydrogens is 256 g/mol. The molecule has 0 aliphatic heterocycles. The van der Waals surface area contributed by atoms with E-state index in [-0.39, 0.29) is 0 Å². The van der Waals surface area contributed by atoms with Crippen LogP contribution in [0.15, 0.2) is 60.7 Å². The lowest BCUT2D eigenvalue weighted by molar-refractivity contribution is 1.11. The van der Waals surface area contributed by atoms with Gasteiger partial charge in [0.25, 0.3) is 0 Å². The molecule has 0 aromatic heterocycles. The highest BCUT2D eigenvalue weighted by molar-refractivity contribution is 8.00. The molecule has 1 atom stereocenters. The third-order valence-electron chi connectivity index (χ3n) is 2.84. The zero-order valence-corrected chi connectivity index (χ0v) is 12.0. The van der Waals surface area contributed by atoms with Crippen LogP contribution in [0, 0.1) is 0 Å².